The zero-order chi connectivity index (χ0) is 14.1. The predicted molar refractivity (Wildman–Crippen MR) is 84.1 cm³/mol. The Morgan fingerprint density at radius 1 is 0.842 bits per heavy atom. The van der Waals surface area contributed by atoms with Crippen molar-refractivity contribution in [3.63, 3.8) is 0 Å². The van der Waals surface area contributed by atoms with Gasteiger partial charge in [0.05, 0.1) is 0 Å². The Bertz CT molecular complexity index is 515. The van der Waals surface area contributed by atoms with Crippen LogP contribution in [-0.2, 0) is 12.8 Å². The molecule has 0 N–H and O–H groups in total. The fourth-order valence-electron chi connectivity index (χ4n) is 1.95. The molecule has 2 aromatic rings. The van der Waals surface area contributed by atoms with E-state index < -0.39 is 0 Å². The lowest BCUT2D eigenvalue weighted by Crippen LogP contribution is -1.90. The molecular weight excluding hydrogens is 228 g/mol. The van der Waals surface area contributed by atoms with Gasteiger partial charge in [0.1, 0.15) is 0 Å². The SMILES string of the molecule is C#C.C=C(C)Cc1ccc(Cc2ccccc2)cc1. The van der Waals surface area contributed by atoms with Crippen LogP contribution in [-0.4, -0.2) is 0 Å². The monoisotopic (exact) mass is 248 g/mol. The molecule has 0 aliphatic carbocycles. The Balaban J connectivity index is 0.000000861. The first-order valence-corrected chi connectivity index (χ1v) is 6.33. The van der Waals surface area contributed by atoms with E-state index in [9.17, 15) is 0 Å². The largest absolute Gasteiger partial charge is 0.124 e. The lowest BCUT2D eigenvalue weighted by molar-refractivity contribution is 1.13. The van der Waals surface area contributed by atoms with E-state index in [4.69, 9.17) is 0 Å². The molecule has 0 saturated heterocycles. The van der Waals surface area contributed by atoms with Crippen LogP contribution >= 0.6 is 0 Å². The molecular formula is C19H20. The van der Waals surface area contributed by atoms with Crippen molar-refractivity contribution in [2.24, 2.45) is 0 Å². The maximum atomic E-state index is 4.00. The van der Waals surface area contributed by atoms with Gasteiger partial charge in [-0.1, -0.05) is 66.7 Å². The molecule has 0 heteroatoms. The summed E-state index contributed by atoms with van der Waals surface area (Å²) in [6, 6.07) is 19.4. The first-order chi connectivity index (χ1) is 9.24. The van der Waals surface area contributed by atoms with Gasteiger partial charge >= 0.3 is 0 Å². The zero-order valence-electron chi connectivity index (χ0n) is 11.5. The van der Waals surface area contributed by atoms with Crippen molar-refractivity contribution in [2.75, 3.05) is 0 Å². The topological polar surface area (TPSA) is 0 Å². The van der Waals surface area contributed by atoms with Gasteiger partial charge in [0.2, 0.25) is 0 Å². The van der Waals surface area contributed by atoms with Gasteiger partial charge in [-0.3, -0.25) is 0 Å². The van der Waals surface area contributed by atoms with Crippen LogP contribution in [0.2, 0.25) is 0 Å². The van der Waals surface area contributed by atoms with Crippen LogP contribution in [0, 0.1) is 12.8 Å². The Hall–Kier alpha value is -2.26. The summed E-state index contributed by atoms with van der Waals surface area (Å²) < 4.78 is 0. The van der Waals surface area contributed by atoms with Crippen molar-refractivity contribution in [1.82, 2.24) is 0 Å². The molecule has 2 rings (SSSR count). The molecule has 0 atom stereocenters. The summed E-state index contributed by atoms with van der Waals surface area (Å²) in [4.78, 5) is 0. The molecule has 0 bridgehead atoms. The Kier molecular flexibility index (Phi) is 6.19. The third-order valence-electron chi connectivity index (χ3n) is 2.78. The molecule has 0 aliphatic heterocycles. The number of hydrogen-bond donors (Lipinski definition) is 0. The van der Waals surface area contributed by atoms with E-state index in [1.807, 2.05) is 0 Å². The van der Waals surface area contributed by atoms with E-state index in [0.717, 1.165) is 12.8 Å². The van der Waals surface area contributed by atoms with Gasteiger partial charge in [-0.2, -0.15) is 0 Å². The van der Waals surface area contributed by atoms with E-state index in [-0.39, 0.29) is 0 Å². The highest BCUT2D eigenvalue weighted by Gasteiger charge is 1.97. The number of allylic oxidation sites excluding steroid dienone is 1. The van der Waals surface area contributed by atoms with Crippen LogP contribution in [0.25, 0.3) is 0 Å². The third-order valence-corrected chi connectivity index (χ3v) is 2.78. The molecule has 0 heterocycles. The van der Waals surface area contributed by atoms with Gasteiger partial charge in [0.15, 0.2) is 0 Å². The minimum atomic E-state index is 0.978. The summed E-state index contributed by atoms with van der Waals surface area (Å²) in [7, 11) is 0. The van der Waals surface area contributed by atoms with Crippen LogP contribution in [0.5, 0.6) is 0 Å². The molecule has 2 aromatic carbocycles. The molecule has 0 nitrogen and oxygen atoms in total. The highest BCUT2D eigenvalue weighted by atomic mass is 14.0. The van der Waals surface area contributed by atoms with Gasteiger partial charge in [0, 0.05) is 0 Å². The van der Waals surface area contributed by atoms with Crippen LogP contribution in [0.3, 0.4) is 0 Å². The second kappa shape index (κ2) is 7.95. The molecule has 0 radical (unpaired) electrons. The van der Waals surface area contributed by atoms with Crippen LogP contribution in [0.15, 0.2) is 66.7 Å². The molecule has 0 spiro atoms. The molecule has 0 saturated carbocycles. The van der Waals surface area contributed by atoms with Crippen molar-refractivity contribution in [1.29, 1.82) is 0 Å². The van der Waals surface area contributed by atoms with Crippen molar-refractivity contribution in [2.45, 2.75) is 19.8 Å². The maximum absolute atomic E-state index is 4.00. The molecule has 0 fully saturated rings. The Morgan fingerprint density at radius 3 is 1.84 bits per heavy atom. The van der Waals surface area contributed by atoms with Crippen molar-refractivity contribution in [3.8, 4) is 12.8 Å². The lowest BCUT2D eigenvalue weighted by Gasteiger charge is -2.04. The fourth-order valence-corrected chi connectivity index (χ4v) is 1.95. The van der Waals surface area contributed by atoms with E-state index in [2.05, 4.69) is 80.9 Å². The standard InChI is InChI=1S/C17H18.C2H2/c1-14(2)12-16-8-10-17(11-9-16)13-15-6-4-3-5-7-15;1-2/h3-11H,1,12-13H2,2H3;1-2H. The summed E-state index contributed by atoms with van der Waals surface area (Å²) in [5.41, 5.74) is 5.27. The number of benzene rings is 2. The first-order valence-electron chi connectivity index (χ1n) is 6.33. The molecule has 96 valence electrons. The summed E-state index contributed by atoms with van der Waals surface area (Å²) in [5, 5.41) is 0. The minimum Gasteiger partial charge on any atom is -0.124 e. The van der Waals surface area contributed by atoms with Gasteiger partial charge in [-0.15, -0.1) is 12.8 Å². The smallest absolute Gasteiger partial charge is 0.00258 e. The minimum absolute atomic E-state index is 0.978. The van der Waals surface area contributed by atoms with Crippen LogP contribution in [0.4, 0.5) is 0 Å². The average Bonchev–Trinajstić information content (AvgIpc) is 2.44. The first kappa shape index (κ1) is 14.8. The maximum Gasteiger partial charge on any atom is -0.00258 e. The van der Waals surface area contributed by atoms with Gasteiger partial charge < -0.3 is 0 Å². The van der Waals surface area contributed by atoms with E-state index in [1.54, 1.807) is 0 Å². The molecule has 0 unspecified atom stereocenters. The lowest BCUT2D eigenvalue weighted by atomic mass is 10.0. The van der Waals surface area contributed by atoms with Gasteiger partial charge in [0.25, 0.3) is 0 Å². The second-order valence-corrected chi connectivity index (χ2v) is 4.61. The highest BCUT2D eigenvalue weighted by Crippen LogP contribution is 2.12. The van der Waals surface area contributed by atoms with Crippen LogP contribution < -0.4 is 0 Å². The van der Waals surface area contributed by atoms with Crippen LogP contribution in [0.1, 0.15) is 23.6 Å². The predicted octanol–water partition coefficient (Wildman–Crippen LogP) is 4.65. The summed E-state index contributed by atoms with van der Waals surface area (Å²) in [6.45, 7) is 6.01. The number of terminal acetylenes is 1. The second-order valence-electron chi connectivity index (χ2n) is 4.61. The Labute approximate surface area is 116 Å². The zero-order valence-corrected chi connectivity index (χ0v) is 11.5. The summed E-state index contributed by atoms with van der Waals surface area (Å²) in [6.07, 6.45) is 9.99. The molecule has 0 aliphatic rings. The quantitative estimate of drug-likeness (QED) is 0.546. The molecule has 0 aromatic heterocycles. The van der Waals surface area contributed by atoms with E-state index >= 15 is 0 Å². The van der Waals surface area contributed by atoms with Gasteiger partial charge in [-0.25, -0.2) is 0 Å². The van der Waals surface area contributed by atoms with E-state index in [1.165, 1.54) is 22.3 Å². The average molecular weight is 248 g/mol. The van der Waals surface area contributed by atoms with Crippen molar-refractivity contribution >= 4 is 0 Å². The van der Waals surface area contributed by atoms with Gasteiger partial charge in [-0.05, 0) is 36.5 Å². The van der Waals surface area contributed by atoms with E-state index in [0.29, 0.717) is 0 Å². The Morgan fingerprint density at radius 2 is 1.32 bits per heavy atom. The normalized spacial score (nSPS) is 9.21. The summed E-state index contributed by atoms with van der Waals surface area (Å²) >= 11 is 0. The number of rotatable bonds is 4. The summed E-state index contributed by atoms with van der Waals surface area (Å²) in [5.74, 6) is 0. The van der Waals surface area contributed by atoms with Crippen molar-refractivity contribution in [3.05, 3.63) is 83.4 Å². The molecule has 19 heavy (non-hydrogen) atoms. The van der Waals surface area contributed by atoms with Crippen molar-refractivity contribution < 1.29 is 0 Å². The molecule has 0 amide bonds. The fraction of sp³-hybridized carbons (Fsp3) is 0.158. The number of hydrogen-bond acceptors (Lipinski definition) is 0. The third kappa shape index (κ3) is 5.27. The highest BCUT2D eigenvalue weighted by molar-refractivity contribution is 5.30.